The molecule has 2 N–H and O–H groups in total. The molecule has 1 unspecified atom stereocenters. The number of aryl methyl sites for hydroxylation is 1. The zero-order valence-electron chi connectivity index (χ0n) is 10.5. The van der Waals surface area contributed by atoms with Crippen LogP contribution in [0.3, 0.4) is 0 Å². The smallest absolute Gasteiger partial charge is 0.00160 e. The van der Waals surface area contributed by atoms with Crippen LogP contribution in [0.1, 0.15) is 18.9 Å². The van der Waals surface area contributed by atoms with Crippen LogP contribution >= 0.6 is 0 Å². The molecule has 0 aliphatic rings. The summed E-state index contributed by atoms with van der Waals surface area (Å²) in [6.45, 7) is 5.24. The van der Waals surface area contributed by atoms with Gasteiger partial charge in [0.25, 0.3) is 0 Å². The van der Waals surface area contributed by atoms with Crippen molar-refractivity contribution >= 4 is 0 Å². The van der Waals surface area contributed by atoms with E-state index in [2.05, 4.69) is 49.2 Å². The minimum Gasteiger partial charge on any atom is -0.330 e. The molecule has 0 fully saturated rings. The molecule has 0 saturated heterocycles. The fourth-order valence-corrected chi connectivity index (χ4v) is 1.90. The average molecular weight is 220 g/mol. The highest BCUT2D eigenvalue weighted by Crippen LogP contribution is 2.04. The van der Waals surface area contributed by atoms with Crippen LogP contribution in [0.15, 0.2) is 30.3 Å². The van der Waals surface area contributed by atoms with E-state index in [-0.39, 0.29) is 0 Å². The Morgan fingerprint density at radius 2 is 1.94 bits per heavy atom. The molecule has 1 aromatic rings. The molecule has 0 aliphatic heterocycles. The second kappa shape index (κ2) is 7.42. The maximum atomic E-state index is 5.61. The second-order valence-corrected chi connectivity index (χ2v) is 4.69. The van der Waals surface area contributed by atoms with Crippen LogP contribution in [0.5, 0.6) is 0 Å². The molecule has 0 spiro atoms. The van der Waals surface area contributed by atoms with Crippen LogP contribution in [-0.4, -0.2) is 31.6 Å². The van der Waals surface area contributed by atoms with Crippen molar-refractivity contribution in [1.29, 1.82) is 0 Å². The Morgan fingerprint density at radius 3 is 2.56 bits per heavy atom. The first-order valence-electron chi connectivity index (χ1n) is 6.15. The summed E-state index contributed by atoms with van der Waals surface area (Å²) in [5.41, 5.74) is 7.05. The number of benzene rings is 1. The van der Waals surface area contributed by atoms with Crippen molar-refractivity contribution in [3.63, 3.8) is 0 Å². The molecule has 1 rings (SSSR count). The van der Waals surface area contributed by atoms with Gasteiger partial charge >= 0.3 is 0 Å². The lowest BCUT2D eigenvalue weighted by atomic mass is 10.1. The summed E-state index contributed by atoms with van der Waals surface area (Å²) in [4.78, 5) is 2.38. The highest BCUT2D eigenvalue weighted by Gasteiger charge is 2.03. The predicted octanol–water partition coefficient (Wildman–Crippen LogP) is 2.15. The first-order chi connectivity index (χ1) is 7.72. The SMILES string of the molecule is CC(CN)CN(C)CCCc1ccccc1. The third-order valence-electron chi connectivity index (χ3n) is 2.87. The minimum absolute atomic E-state index is 0.599. The quantitative estimate of drug-likeness (QED) is 0.763. The van der Waals surface area contributed by atoms with E-state index in [1.54, 1.807) is 0 Å². The lowest BCUT2D eigenvalue weighted by molar-refractivity contribution is 0.286. The Morgan fingerprint density at radius 1 is 1.25 bits per heavy atom. The van der Waals surface area contributed by atoms with E-state index in [1.165, 1.54) is 18.4 Å². The Kier molecular flexibility index (Phi) is 6.12. The maximum Gasteiger partial charge on any atom is 0.00160 e. The molecule has 1 aromatic carbocycles. The third-order valence-corrected chi connectivity index (χ3v) is 2.87. The summed E-state index contributed by atoms with van der Waals surface area (Å²) in [5, 5.41) is 0. The average Bonchev–Trinajstić information content (AvgIpc) is 2.30. The van der Waals surface area contributed by atoms with Gasteiger partial charge in [-0.3, -0.25) is 0 Å². The first-order valence-corrected chi connectivity index (χ1v) is 6.15. The van der Waals surface area contributed by atoms with E-state index < -0.39 is 0 Å². The van der Waals surface area contributed by atoms with Crippen molar-refractivity contribution in [2.24, 2.45) is 11.7 Å². The number of hydrogen-bond acceptors (Lipinski definition) is 2. The Labute approximate surface area is 99.5 Å². The van der Waals surface area contributed by atoms with Crippen LogP contribution in [0.2, 0.25) is 0 Å². The fourth-order valence-electron chi connectivity index (χ4n) is 1.90. The third kappa shape index (κ3) is 5.29. The molecule has 90 valence electrons. The second-order valence-electron chi connectivity index (χ2n) is 4.69. The van der Waals surface area contributed by atoms with Gasteiger partial charge in [-0.2, -0.15) is 0 Å². The Hall–Kier alpha value is -0.860. The lowest BCUT2D eigenvalue weighted by Crippen LogP contribution is -2.29. The molecule has 0 aromatic heterocycles. The summed E-state index contributed by atoms with van der Waals surface area (Å²) in [6.07, 6.45) is 2.39. The van der Waals surface area contributed by atoms with Crippen molar-refractivity contribution in [2.75, 3.05) is 26.7 Å². The highest BCUT2D eigenvalue weighted by molar-refractivity contribution is 5.14. The van der Waals surface area contributed by atoms with Gasteiger partial charge in [-0.05, 0) is 44.5 Å². The van der Waals surface area contributed by atoms with Crippen LogP contribution in [0.25, 0.3) is 0 Å². The molecule has 0 amide bonds. The van der Waals surface area contributed by atoms with Crippen LogP contribution in [0, 0.1) is 5.92 Å². The van der Waals surface area contributed by atoms with Crippen molar-refractivity contribution in [2.45, 2.75) is 19.8 Å². The number of rotatable bonds is 7. The number of nitrogens with zero attached hydrogens (tertiary/aromatic N) is 1. The molecule has 0 aliphatic carbocycles. The molecular weight excluding hydrogens is 196 g/mol. The maximum absolute atomic E-state index is 5.61. The molecule has 0 bridgehead atoms. The molecule has 0 radical (unpaired) electrons. The van der Waals surface area contributed by atoms with Gasteiger partial charge in [-0.15, -0.1) is 0 Å². The molecular formula is C14H24N2. The Balaban J connectivity index is 2.15. The summed E-state index contributed by atoms with van der Waals surface area (Å²) in [5.74, 6) is 0.599. The zero-order chi connectivity index (χ0) is 11.8. The normalized spacial score (nSPS) is 13.0. The van der Waals surface area contributed by atoms with Gasteiger partial charge in [0.15, 0.2) is 0 Å². The summed E-state index contributed by atoms with van der Waals surface area (Å²) < 4.78 is 0. The highest BCUT2D eigenvalue weighted by atomic mass is 15.1. The van der Waals surface area contributed by atoms with Gasteiger partial charge < -0.3 is 10.6 Å². The van der Waals surface area contributed by atoms with Crippen molar-refractivity contribution in [1.82, 2.24) is 4.90 Å². The molecule has 16 heavy (non-hydrogen) atoms. The topological polar surface area (TPSA) is 29.3 Å². The molecule has 2 heteroatoms. The van der Waals surface area contributed by atoms with E-state index in [9.17, 15) is 0 Å². The largest absolute Gasteiger partial charge is 0.330 e. The van der Waals surface area contributed by atoms with Gasteiger partial charge in [0, 0.05) is 6.54 Å². The molecule has 0 saturated carbocycles. The summed E-state index contributed by atoms with van der Waals surface area (Å²) in [6, 6.07) is 10.7. The van der Waals surface area contributed by atoms with Gasteiger partial charge in [-0.1, -0.05) is 37.3 Å². The lowest BCUT2D eigenvalue weighted by Gasteiger charge is -2.20. The Bertz CT molecular complexity index is 271. The van der Waals surface area contributed by atoms with E-state index in [0.29, 0.717) is 5.92 Å². The molecule has 2 nitrogen and oxygen atoms in total. The van der Waals surface area contributed by atoms with Crippen molar-refractivity contribution in [3.05, 3.63) is 35.9 Å². The van der Waals surface area contributed by atoms with Crippen LogP contribution in [0.4, 0.5) is 0 Å². The molecule has 0 heterocycles. The van der Waals surface area contributed by atoms with Gasteiger partial charge in [0.2, 0.25) is 0 Å². The van der Waals surface area contributed by atoms with Gasteiger partial charge in [0.1, 0.15) is 0 Å². The molecule has 1 atom stereocenters. The van der Waals surface area contributed by atoms with Crippen LogP contribution < -0.4 is 5.73 Å². The van der Waals surface area contributed by atoms with Gasteiger partial charge in [-0.25, -0.2) is 0 Å². The van der Waals surface area contributed by atoms with Crippen molar-refractivity contribution < 1.29 is 0 Å². The van der Waals surface area contributed by atoms with Gasteiger partial charge in [0.05, 0.1) is 0 Å². The number of hydrogen-bond donors (Lipinski definition) is 1. The zero-order valence-corrected chi connectivity index (χ0v) is 10.5. The van der Waals surface area contributed by atoms with Crippen LogP contribution in [-0.2, 0) is 6.42 Å². The monoisotopic (exact) mass is 220 g/mol. The van der Waals surface area contributed by atoms with E-state index in [1.807, 2.05) is 0 Å². The van der Waals surface area contributed by atoms with E-state index in [4.69, 9.17) is 5.73 Å². The number of nitrogens with two attached hydrogens (primary N) is 1. The fraction of sp³-hybridized carbons (Fsp3) is 0.571. The summed E-state index contributed by atoms with van der Waals surface area (Å²) >= 11 is 0. The van der Waals surface area contributed by atoms with Crippen molar-refractivity contribution in [3.8, 4) is 0 Å². The van der Waals surface area contributed by atoms with E-state index in [0.717, 1.165) is 19.6 Å². The summed E-state index contributed by atoms with van der Waals surface area (Å²) in [7, 11) is 2.18. The first kappa shape index (κ1) is 13.2. The predicted molar refractivity (Wildman–Crippen MR) is 70.5 cm³/mol. The van der Waals surface area contributed by atoms with E-state index >= 15 is 0 Å². The standard InChI is InChI=1S/C14H24N2/c1-13(11-15)12-16(2)10-6-9-14-7-4-3-5-8-14/h3-5,7-8,13H,6,9-12,15H2,1-2H3. The minimum atomic E-state index is 0.599.